The summed E-state index contributed by atoms with van der Waals surface area (Å²) in [4.78, 5) is 16.8. The third kappa shape index (κ3) is 3.46. The molecule has 0 aliphatic heterocycles. The maximum absolute atomic E-state index is 12.7. The number of hydrogen-bond donors (Lipinski definition) is 2. The Hall–Kier alpha value is -2.15. The van der Waals surface area contributed by atoms with Crippen molar-refractivity contribution in [2.45, 2.75) is 63.3 Å². The first-order chi connectivity index (χ1) is 12.2. The Balaban J connectivity index is 1.38. The van der Waals surface area contributed by atoms with E-state index in [0.717, 1.165) is 25.8 Å². The average molecular weight is 343 g/mol. The van der Waals surface area contributed by atoms with E-state index in [1.165, 1.54) is 12.8 Å². The number of aliphatic hydroxyl groups is 1. The van der Waals surface area contributed by atoms with E-state index >= 15 is 0 Å². The molecule has 2 aliphatic rings. The lowest BCUT2D eigenvalue weighted by Gasteiger charge is -2.18. The summed E-state index contributed by atoms with van der Waals surface area (Å²) in [5, 5.41) is 17.7. The van der Waals surface area contributed by atoms with E-state index in [-0.39, 0.29) is 11.9 Å². The van der Waals surface area contributed by atoms with Gasteiger partial charge >= 0.3 is 0 Å². The van der Waals surface area contributed by atoms with E-state index in [1.807, 2.05) is 15.4 Å². The van der Waals surface area contributed by atoms with E-state index in [1.54, 1.807) is 24.8 Å². The SMILES string of the molecule is O=C(N[C@@H]1CC(Cn2ccnc2)C[C@H]1O)c1ccnn1C1CCCC1. The van der Waals surface area contributed by atoms with E-state index in [4.69, 9.17) is 0 Å². The lowest BCUT2D eigenvalue weighted by Crippen LogP contribution is -2.41. The van der Waals surface area contributed by atoms with Crippen molar-refractivity contribution < 1.29 is 9.90 Å². The Morgan fingerprint density at radius 2 is 2.12 bits per heavy atom. The molecule has 2 aromatic rings. The Labute approximate surface area is 147 Å². The molecule has 0 saturated heterocycles. The molecule has 0 aromatic carbocycles. The third-order valence-electron chi connectivity index (χ3n) is 5.54. The quantitative estimate of drug-likeness (QED) is 0.866. The van der Waals surface area contributed by atoms with Gasteiger partial charge < -0.3 is 15.0 Å². The molecule has 3 atom stereocenters. The van der Waals surface area contributed by atoms with Gasteiger partial charge in [0.15, 0.2) is 0 Å². The smallest absolute Gasteiger partial charge is 0.269 e. The first-order valence-electron chi connectivity index (χ1n) is 9.19. The van der Waals surface area contributed by atoms with Gasteiger partial charge in [-0.15, -0.1) is 0 Å². The Bertz CT molecular complexity index is 705. The number of rotatable bonds is 5. The van der Waals surface area contributed by atoms with Crippen LogP contribution in [-0.4, -0.2) is 42.5 Å². The highest BCUT2D eigenvalue weighted by atomic mass is 16.3. The van der Waals surface area contributed by atoms with Gasteiger partial charge in [-0.25, -0.2) is 4.98 Å². The van der Waals surface area contributed by atoms with Crippen molar-refractivity contribution >= 4 is 5.91 Å². The summed E-state index contributed by atoms with van der Waals surface area (Å²) in [6.07, 6.45) is 12.7. The van der Waals surface area contributed by atoms with Gasteiger partial charge in [0.2, 0.25) is 0 Å². The lowest BCUT2D eigenvalue weighted by molar-refractivity contribution is 0.0859. The zero-order valence-corrected chi connectivity index (χ0v) is 14.3. The van der Waals surface area contributed by atoms with Crippen LogP contribution in [0.5, 0.6) is 0 Å². The number of imidazole rings is 1. The molecule has 2 aliphatic carbocycles. The molecule has 2 heterocycles. The van der Waals surface area contributed by atoms with Crippen molar-refractivity contribution in [3.8, 4) is 0 Å². The fraction of sp³-hybridized carbons (Fsp3) is 0.611. The monoisotopic (exact) mass is 343 g/mol. The third-order valence-corrected chi connectivity index (χ3v) is 5.54. The molecule has 2 aromatic heterocycles. The average Bonchev–Trinajstić information content (AvgIpc) is 3.35. The highest BCUT2D eigenvalue weighted by Crippen LogP contribution is 2.30. The van der Waals surface area contributed by atoms with Gasteiger partial charge in [0.1, 0.15) is 5.69 Å². The van der Waals surface area contributed by atoms with E-state index in [2.05, 4.69) is 15.4 Å². The van der Waals surface area contributed by atoms with Crippen LogP contribution in [0.2, 0.25) is 0 Å². The first-order valence-corrected chi connectivity index (χ1v) is 9.19. The van der Waals surface area contributed by atoms with Crippen LogP contribution < -0.4 is 5.32 Å². The minimum absolute atomic E-state index is 0.128. The highest BCUT2D eigenvalue weighted by Gasteiger charge is 2.35. The minimum atomic E-state index is -0.500. The summed E-state index contributed by atoms with van der Waals surface area (Å²) in [6, 6.07) is 1.91. The second kappa shape index (κ2) is 7.00. The van der Waals surface area contributed by atoms with Crippen LogP contribution in [0.15, 0.2) is 31.0 Å². The second-order valence-electron chi connectivity index (χ2n) is 7.34. The molecule has 0 spiro atoms. The van der Waals surface area contributed by atoms with Gasteiger partial charge in [0, 0.05) is 25.1 Å². The normalized spacial score (nSPS) is 27.0. The van der Waals surface area contributed by atoms with E-state index < -0.39 is 6.10 Å². The van der Waals surface area contributed by atoms with Crippen LogP contribution in [0, 0.1) is 5.92 Å². The standard InChI is InChI=1S/C18H25N5O2/c24-17-10-13(11-22-8-7-19-12-22)9-15(17)21-18(25)16-5-6-20-23(16)14-3-1-2-4-14/h5-8,12-15,17,24H,1-4,9-11H2,(H,21,25)/t13?,15-,17-/m1/s1. The number of hydrogen-bond acceptors (Lipinski definition) is 4. The number of carbonyl (C=O) groups is 1. The molecule has 1 amide bonds. The molecule has 7 heteroatoms. The van der Waals surface area contributed by atoms with Gasteiger partial charge in [-0.1, -0.05) is 12.8 Å². The van der Waals surface area contributed by atoms with Crippen LogP contribution in [0.3, 0.4) is 0 Å². The van der Waals surface area contributed by atoms with Crippen LogP contribution in [0.1, 0.15) is 55.1 Å². The summed E-state index contributed by atoms with van der Waals surface area (Å²) >= 11 is 0. The van der Waals surface area contributed by atoms with Crippen LogP contribution in [0.4, 0.5) is 0 Å². The van der Waals surface area contributed by atoms with Crippen LogP contribution >= 0.6 is 0 Å². The van der Waals surface area contributed by atoms with Crippen molar-refractivity contribution in [2.75, 3.05) is 0 Å². The fourth-order valence-corrected chi connectivity index (χ4v) is 4.29. The van der Waals surface area contributed by atoms with Crippen LogP contribution in [0.25, 0.3) is 0 Å². The van der Waals surface area contributed by atoms with E-state index in [0.29, 0.717) is 24.1 Å². The van der Waals surface area contributed by atoms with Crippen molar-refractivity contribution in [2.24, 2.45) is 5.92 Å². The largest absolute Gasteiger partial charge is 0.391 e. The number of aromatic nitrogens is 4. The predicted molar refractivity (Wildman–Crippen MR) is 91.9 cm³/mol. The zero-order chi connectivity index (χ0) is 17.2. The van der Waals surface area contributed by atoms with Gasteiger partial charge in [0.25, 0.3) is 5.91 Å². The fourth-order valence-electron chi connectivity index (χ4n) is 4.29. The molecule has 4 rings (SSSR count). The van der Waals surface area contributed by atoms with Gasteiger partial charge in [-0.05, 0) is 37.7 Å². The summed E-state index contributed by atoms with van der Waals surface area (Å²) in [5.74, 6) is 0.214. The Morgan fingerprint density at radius 3 is 2.88 bits per heavy atom. The molecule has 0 bridgehead atoms. The molecule has 134 valence electrons. The van der Waals surface area contributed by atoms with Crippen LogP contribution in [-0.2, 0) is 6.54 Å². The molecule has 1 unspecified atom stereocenters. The van der Waals surface area contributed by atoms with E-state index in [9.17, 15) is 9.90 Å². The number of nitrogens with one attached hydrogen (secondary N) is 1. The molecule has 2 fully saturated rings. The second-order valence-corrected chi connectivity index (χ2v) is 7.34. The number of nitrogens with zero attached hydrogens (tertiary/aromatic N) is 4. The summed E-state index contributed by atoms with van der Waals surface area (Å²) in [5.41, 5.74) is 0.608. The van der Waals surface area contributed by atoms with Gasteiger partial charge in [0.05, 0.1) is 24.5 Å². The van der Waals surface area contributed by atoms with Crippen molar-refractivity contribution in [1.29, 1.82) is 0 Å². The summed E-state index contributed by atoms with van der Waals surface area (Å²) in [7, 11) is 0. The molecule has 25 heavy (non-hydrogen) atoms. The lowest BCUT2D eigenvalue weighted by atomic mass is 10.1. The Morgan fingerprint density at radius 1 is 1.28 bits per heavy atom. The molecule has 7 nitrogen and oxygen atoms in total. The van der Waals surface area contributed by atoms with Gasteiger partial charge in [-0.3, -0.25) is 9.48 Å². The summed E-state index contributed by atoms with van der Waals surface area (Å²) < 4.78 is 3.89. The zero-order valence-electron chi connectivity index (χ0n) is 14.3. The maximum Gasteiger partial charge on any atom is 0.269 e. The van der Waals surface area contributed by atoms with Crippen molar-refractivity contribution in [3.63, 3.8) is 0 Å². The van der Waals surface area contributed by atoms with Crippen molar-refractivity contribution in [1.82, 2.24) is 24.6 Å². The molecular weight excluding hydrogens is 318 g/mol. The maximum atomic E-state index is 12.7. The minimum Gasteiger partial charge on any atom is -0.391 e. The molecule has 0 radical (unpaired) electrons. The van der Waals surface area contributed by atoms with Gasteiger partial charge in [-0.2, -0.15) is 5.10 Å². The number of carbonyl (C=O) groups excluding carboxylic acids is 1. The predicted octanol–water partition coefficient (Wildman–Crippen LogP) is 1.76. The molecular formula is C18H25N5O2. The topological polar surface area (TPSA) is 85.0 Å². The molecule has 2 saturated carbocycles. The van der Waals surface area contributed by atoms with Crippen molar-refractivity contribution in [3.05, 3.63) is 36.7 Å². The first kappa shape index (κ1) is 16.3. The summed E-state index contributed by atoms with van der Waals surface area (Å²) in [6.45, 7) is 0.823. The number of aliphatic hydroxyl groups excluding tert-OH is 1. The molecule has 2 N–H and O–H groups in total. The number of amides is 1. The highest BCUT2D eigenvalue weighted by molar-refractivity contribution is 5.92. The Kier molecular flexibility index (Phi) is 4.57.